The number of Topliss-reactive ketones (excluding diaryl/α,β-unsaturated/α-hetero) is 1. The average molecular weight is 274 g/mol. The maximum atomic E-state index is 11.6. The fourth-order valence-corrected chi connectivity index (χ4v) is 2.77. The Morgan fingerprint density at radius 3 is 2.31 bits per heavy atom. The first-order valence-corrected chi connectivity index (χ1v) is 6.44. The topological polar surface area (TPSA) is 91.8 Å². The van der Waals surface area contributed by atoms with Gasteiger partial charge in [0.25, 0.3) is 0 Å². The molecule has 0 aliphatic carbocycles. The van der Waals surface area contributed by atoms with Gasteiger partial charge in [-0.05, 0) is 0 Å². The van der Waals surface area contributed by atoms with Crippen molar-refractivity contribution >= 4 is 17.6 Å². The van der Waals surface area contributed by atoms with Gasteiger partial charge in [-0.15, -0.1) is 0 Å². The van der Waals surface area contributed by atoms with Gasteiger partial charge in [-0.2, -0.15) is 0 Å². The van der Waals surface area contributed by atoms with Crippen molar-refractivity contribution in [2.75, 3.05) is 6.61 Å². The Labute approximate surface area is 96.8 Å². The van der Waals surface area contributed by atoms with E-state index in [0.29, 0.717) is 0 Å². The first-order chi connectivity index (χ1) is 7.56. The molecule has 93 valence electrons. The number of aliphatic hydroxyl groups is 1. The summed E-state index contributed by atoms with van der Waals surface area (Å²) in [6.45, 7) is -0.239. The van der Waals surface area contributed by atoms with E-state index in [1.807, 2.05) is 0 Å². The van der Waals surface area contributed by atoms with E-state index in [-0.39, 0.29) is 43.4 Å². The van der Waals surface area contributed by atoms with Gasteiger partial charge in [0.05, 0.1) is 0 Å². The molecule has 7 heteroatoms. The van der Waals surface area contributed by atoms with Crippen molar-refractivity contribution in [2.24, 2.45) is 0 Å². The predicted octanol–water partition coefficient (Wildman–Crippen LogP) is -0.226. The van der Waals surface area contributed by atoms with Crippen LogP contribution in [-0.2, 0) is 32.0 Å². The first kappa shape index (κ1) is 13.1. The Morgan fingerprint density at radius 2 is 1.81 bits per heavy atom. The molecule has 1 heterocycles. The van der Waals surface area contributed by atoms with Crippen molar-refractivity contribution in [3.63, 3.8) is 0 Å². The number of nitrogens with zero attached hydrogens (tertiary/aromatic N) is 1. The third-order valence-electron chi connectivity index (χ3n) is 2.03. The third-order valence-corrected chi connectivity index (χ3v) is 3.77. The molecule has 1 saturated heterocycles. The molecule has 0 saturated carbocycles. The molecular formula is C9H13CoNO5. The van der Waals surface area contributed by atoms with Gasteiger partial charge in [0, 0.05) is 0 Å². The molecule has 1 aliphatic heterocycles. The van der Waals surface area contributed by atoms with Crippen molar-refractivity contribution < 1.29 is 37.2 Å². The first-order valence-electron chi connectivity index (χ1n) is 4.81. The Balaban J connectivity index is 2.43. The molecule has 16 heavy (non-hydrogen) atoms. The van der Waals surface area contributed by atoms with E-state index in [1.54, 1.807) is 0 Å². The van der Waals surface area contributed by atoms with Crippen LogP contribution in [0, 0.1) is 0 Å². The molecule has 1 fully saturated rings. The molecular weight excluding hydrogens is 261 g/mol. The van der Waals surface area contributed by atoms with E-state index in [9.17, 15) is 18.2 Å². The van der Waals surface area contributed by atoms with Crippen molar-refractivity contribution in [1.82, 2.24) is 3.95 Å². The Kier molecular flexibility index (Phi) is 4.91. The summed E-state index contributed by atoms with van der Waals surface area (Å²) in [5, 5.41) is 8.47. The summed E-state index contributed by atoms with van der Waals surface area (Å²) in [6, 6.07) is 0. The van der Waals surface area contributed by atoms with Crippen LogP contribution in [0.4, 0.5) is 0 Å². The molecule has 0 aromatic carbocycles. The van der Waals surface area contributed by atoms with Crippen LogP contribution in [-0.4, -0.2) is 33.3 Å². The SMILES string of the molecule is O=C(CCO)C[CH2][Co](=[O])[N]1C(=O)CCC1=O. The monoisotopic (exact) mass is 274 g/mol. The molecule has 0 atom stereocenters. The van der Waals surface area contributed by atoms with E-state index in [4.69, 9.17) is 5.11 Å². The number of carbonyl (C=O) groups is 3. The second-order valence-corrected chi connectivity index (χ2v) is 5.05. The molecule has 0 aromatic rings. The van der Waals surface area contributed by atoms with Crippen LogP contribution in [0.3, 0.4) is 0 Å². The quantitative estimate of drug-likeness (QED) is 0.676. The summed E-state index contributed by atoms with van der Waals surface area (Å²) >= 11 is -2.10. The fourth-order valence-electron chi connectivity index (χ4n) is 1.21. The van der Waals surface area contributed by atoms with E-state index >= 15 is 0 Å². The summed E-state index contributed by atoms with van der Waals surface area (Å²) in [5.74, 6) is -1.08. The number of hydrogen-bond acceptors (Lipinski definition) is 5. The molecule has 0 bridgehead atoms. The normalized spacial score (nSPS) is 16.8. The summed E-state index contributed by atoms with van der Waals surface area (Å²) in [6.07, 6.45) is 0.240. The minimum atomic E-state index is -2.10. The summed E-state index contributed by atoms with van der Waals surface area (Å²) < 4.78 is 12.4. The third kappa shape index (κ3) is 3.29. The van der Waals surface area contributed by atoms with Crippen molar-refractivity contribution in [2.45, 2.75) is 31.0 Å². The Bertz CT molecular complexity index is 325. The zero-order chi connectivity index (χ0) is 12.1. The zero-order valence-corrected chi connectivity index (χ0v) is 9.64. The van der Waals surface area contributed by atoms with E-state index in [1.165, 1.54) is 0 Å². The zero-order valence-electron chi connectivity index (χ0n) is 8.60. The van der Waals surface area contributed by atoms with Gasteiger partial charge < -0.3 is 0 Å². The number of carbonyl (C=O) groups excluding carboxylic acids is 3. The number of imide groups is 1. The molecule has 6 nitrogen and oxygen atoms in total. The van der Waals surface area contributed by atoms with Crippen molar-refractivity contribution in [3.8, 4) is 0 Å². The van der Waals surface area contributed by atoms with E-state index < -0.39 is 25.6 Å². The summed E-state index contributed by atoms with van der Waals surface area (Å²) in [5.41, 5.74) is 0. The average Bonchev–Trinajstić information content (AvgIpc) is 2.56. The number of amides is 2. The molecule has 0 aromatic heterocycles. The second kappa shape index (κ2) is 5.97. The molecule has 0 radical (unpaired) electrons. The number of rotatable bonds is 6. The second-order valence-electron chi connectivity index (χ2n) is 3.24. The van der Waals surface area contributed by atoms with E-state index in [2.05, 4.69) is 0 Å². The fraction of sp³-hybridized carbons (Fsp3) is 0.667. The van der Waals surface area contributed by atoms with Gasteiger partial charge in [0.1, 0.15) is 0 Å². The summed E-state index contributed by atoms with van der Waals surface area (Å²) in [7, 11) is 0. The standard InChI is InChI=1S/C5H9O2.C4H5NO2.Co.O/c1-2-5(7)3-4-6;6-3-1-2-4(7)5-3;;/h6H,1-4H2;1-2H2,(H,5,6,7);;/q;;+1;/p-1. The molecule has 1 rings (SSSR count). The van der Waals surface area contributed by atoms with Gasteiger partial charge in [-0.3, -0.25) is 0 Å². The van der Waals surface area contributed by atoms with Crippen molar-refractivity contribution in [3.05, 3.63) is 0 Å². The Morgan fingerprint density at radius 1 is 1.25 bits per heavy atom. The molecule has 1 aliphatic rings. The van der Waals surface area contributed by atoms with E-state index in [0.717, 1.165) is 3.95 Å². The van der Waals surface area contributed by atoms with Gasteiger partial charge >= 0.3 is 96.3 Å². The van der Waals surface area contributed by atoms with Crippen LogP contribution in [0.25, 0.3) is 0 Å². The van der Waals surface area contributed by atoms with Gasteiger partial charge in [0.2, 0.25) is 0 Å². The van der Waals surface area contributed by atoms with Gasteiger partial charge in [-0.1, -0.05) is 0 Å². The minimum absolute atomic E-state index is 0.0106. The van der Waals surface area contributed by atoms with Gasteiger partial charge in [-0.25, -0.2) is 0 Å². The van der Waals surface area contributed by atoms with Crippen LogP contribution >= 0.6 is 0 Å². The van der Waals surface area contributed by atoms with Gasteiger partial charge in [0.15, 0.2) is 0 Å². The molecule has 2 amide bonds. The molecule has 0 unspecified atom stereocenters. The predicted molar refractivity (Wildman–Crippen MR) is 47.9 cm³/mol. The summed E-state index contributed by atoms with van der Waals surface area (Å²) in [4.78, 5) is 33.4. The van der Waals surface area contributed by atoms with Crippen LogP contribution in [0.2, 0.25) is 5.36 Å². The number of aliphatic hydroxyl groups excluding tert-OH is 1. The maximum absolute atomic E-state index is 11.6. The van der Waals surface area contributed by atoms with Crippen LogP contribution in [0.5, 0.6) is 0 Å². The van der Waals surface area contributed by atoms with Crippen LogP contribution in [0.15, 0.2) is 0 Å². The van der Waals surface area contributed by atoms with Crippen molar-refractivity contribution in [1.29, 1.82) is 0 Å². The Hall–Kier alpha value is -0.924. The molecule has 0 spiro atoms. The van der Waals surface area contributed by atoms with Crippen LogP contribution in [0.1, 0.15) is 25.7 Å². The molecule has 1 N–H and O–H groups in total. The van der Waals surface area contributed by atoms with Crippen LogP contribution < -0.4 is 0 Å². The number of hydrogen-bond donors (Lipinski definition) is 1. The number of ketones is 1.